The highest BCUT2D eigenvalue weighted by molar-refractivity contribution is 7.89. The molecule has 1 saturated carbocycles. The lowest BCUT2D eigenvalue weighted by molar-refractivity contribution is -0.116. The van der Waals surface area contributed by atoms with Gasteiger partial charge < -0.3 is 10.6 Å². The van der Waals surface area contributed by atoms with Gasteiger partial charge in [-0.1, -0.05) is 0 Å². The third kappa shape index (κ3) is 2.95. The van der Waals surface area contributed by atoms with E-state index in [0.29, 0.717) is 30.3 Å². The summed E-state index contributed by atoms with van der Waals surface area (Å²) in [6, 6.07) is 5.34. The van der Waals surface area contributed by atoms with Gasteiger partial charge >= 0.3 is 0 Å². The molecule has 0 aromatic heterocycles. The molecule has 2 aliphatic heterocycles. The highest BCUT2D eigenvalue weighted by Gasteiger charge is 2.45. The maximum atomic E-state index is 13.1. The molecular weight excluding hydrogens is 374 g/mol. The Balaban J connectivity index is 0.00000196. The monoisotopic (exact) mass is 399 g/mol. The van der Waals surface area contributed by atoms with Gasteiger partial charge in [-0.2, -0.15) is 4.31 Å². The molecule has 6 nitrogen and oxygen atoms in total. The SMILES string of the molecule is CC(=O)N1c2ccc(S(=O)(=O)N3CC4CCC(N)C4C3)cc2CC1C.Cl. The lowest BCUT2D eigenvalue weighted by atomic mass is 9.98. The fourth-order valence-electron chi connectivity index (χ4n) is 4.86. The maximum absolute atomic E-state index is 13.1. The third-order valence-electron chi connectivity index (χ3n) is 6.12. The topological polar surface area (TPSA) is 83.7 Å². The Morgan fingerprint density at radius 1 is 1.23 bits per heavy atom. The first kappa shape index (κ1) is 19.6. The molecule has 1 saturated heterocycles. The van der Waals surface area contributed by atoms with E-state index in [-0.39, 0.29) is 36.3 Å². The second-order valence-electron chi connectivity index (χ2n) is 7.72. The summed E-state index contributed by atoms with van der Waals surface area (Å²) in [6.45, 7) is 4.64. The lowest BCUT2D eigenvalue weighted by Gasteiger charge is -2.21. The molecule has 4 unspecified atom stereocenters. The van der Waals surface area contributed by atoms with Crippen LogP contribution in [-0.4, -0.2) is 43.8 Å². The van der Waals surface area contributed by atoms with Crippen molar-refractivity contribution in [2.75, 3.05) is 18.0 Å². The number of carbonyl (C=O) groups excluding carboxylic acids is 1. The van der Waals surface area contributed by atoms with Crippen LogP contribution in [0.15, 0.2) is 23.1 Å². The van der Waals surface area contributed by atoms with E-state index >= 15 is 0 Å². The lowest BCUT2D eigenvalue weighted by Crippen LogP contribution is -2.33. The Hall–Kier alpha value is -1.15. The van der Waals surface area contributed by atoms with Gasteiger partial charge in [-0.15, -0.1) is 12.4 Å². The molecule has 4 rings (SSSR count). The van der Waals surface area contributed by atoms with E-state index in [2.05, 4.69) is 0 Å². The maximum Gasteiger partial charge on any atom is 0.243 e. The van der Waals surface area contributed by atoms with Crippen molar-refractivity contribution in [2.24, 2.45) is 17.6 Å². The highest BCUT2D eigenvalue weighted by atomic mass is 35.5. The summed E-state index contributed by atoms with van der Waals surface area (Å²) in [5, 5.41) is 0. The minimum absolute atomic E-state index is 0. The normalized spacial score (nSPS) is 30.8. The number of nitrogens with two attached hydrogens (primary N) is 1. The van der Waals surface area contributed by atoms with Crippen LogP contribution in [0.1, 0.15) is 32.3 Å². The Kier molecular flexibility index (Phi) is 5.11. The van der Waals surface area contributed by atoms with Crippen molar-refractivity contribution in [3.8, 4) is 0 Å². The smallest absolute Gasteiger partial charge is 0.243 e. The van der Waals surface area contributed by atoms with Crippen molar-refractivity contribution >= 4 is 34.0 Å². The molecule has 1 aliphatic carbocycles. The molecule has 0 spiro atoms. The summed E-state index contributed by atoms with van der Waals surface area (Å²) in [5.74, 6) is 0.674. The van der Waals surface area contributed by atoms with E-state index in [1.165, 1.54) is 0 Å². The van der Waals surface area contributed by atoms with Crippen molar-refractivity contribution in [3.63, 3.8) is 0 Å². The van der Waals surface area contributed by atoms with Crippen LogP contribution >= 0.6 is 12.4 Å². The quantitative estimate of drug-likeness (QED) is 0.821. The summed E-state index contributed by atoms with van der Waals surface area (Å²) in [6.07, 6.45) is 2.71. The molecule has 2 N–H and O–H groups in total. The molecule has 2 fully saturated rings. The summed E-state index contributed by atoms with van der Waals surface area (Å²) in [4.78, 5) is 13.9. The van der Waals surface area contributed by atoms with Crippen LogP contribution < -0.4 is 10.6 Å². The average Bonchev–Trinajstić information content (AvgIpc) is 3.20. The zero-order valence-corrected chi connectivity index (χ0v) is 16.7. The van der Waals surface area contributed by atoms with Crippen molar-refractivity contribution < 1.29 is 13.2 Å². The van der Waals surface area contributed by atoms with Crippen LogP contribution in [0.3, 0.4) is 0 Å². The Bertz CT molecular complexity index is 829. The molecule has 1 aromatic carbocycles. The molecule has 2 heterocycles. The van der Waals surface area contributed by atoms with Gasteiger partial charge in [0.25, 0.3) is 0 Å². The number of anilines is 1. The van der Waals surface area contributed by atoms with Crippen LogP contribution in [0, 0.1) is 11.8 Å². The summed E-state index contributed by atoms with van der Waals surface area (Å²) in [5.41, 5.74) is 7.90. The second-order valence-corrected chi connectivity index (χ2v) is 9.66. The van der Waals surface area contributed by atoms with Crippen LogP contribution in [0.4, 0.5) is 5.69 Å². The fraction of sp³-hybridized carbons (Fsp3) is 0.611. The molecule has 144 valence electrons. The molecule has 0 radical (unpaired) electrons. The summed E-state index contributed by atoms with van der Waals surface area (Å²) < 4.78 is 27.7. The fourth-order valence-corrected chi connectivity index (χ4v) is 6.45. The van der Waals surface area contributed by atoms with Crippen LogP contribution in [0.25, 0.3) is 0 Å². The largest absolute Gasteiger partial charge is 0.327 e. The summed E-state index contributed by atoms with van der Waals surface area (Å²) >= 11 is 0. The molecule has 3 aliphatic rings. The molecule has 26 heavy (non-hydrogen) atoms. The minimum Gasteiger partial charge on any atom is -0.327 e. The van der Waals surface area contributed by atoms with Crippen molar-refractivity contribution in [2.45, 2.75) is 50.1 Å². The predicted molar refractivity (Wildman–Crippen MR) is 103 cm³/mol. The van der Waals surface area contributed by atoms with Gasteiger partial charge in [0.1, 0.15) is 0 Å². The Labute approximate surface area is 161 Å². The standard InChI is InChI=1S/C18H25N3O3S.ClH/c1-11-7-14-8-15(4-6-18(14)21(11)12(2)22)25(23,24)20-9-13-3-5-17(19)16(13)10-20;/h4,6,8,11,13,16-17H,3,5,7,9-10,19H2,1-2H3;1H. The van der Waals surface area contributed by atoms with E-state index in [0.717, 1.165) is 24.1 Å². The highest BCUT2D eigenvalue weighted by Crippen LogP contribution is 2.40. The third-order valence-corrected chi connectivity index (χ3v) is 7.95. The van der Waals surface area contributed by atoms with Gasteiger partial charge in [0.05, 0.1) is 4.90 Å². The van der Waals surface area contributed by atoms with E-state index < -0.39 is 10.0 Å². The van der Waals surface area contributed by atoms with Crippen molar-refractivity contribution in [3.05, 3.63) is 23.8 Å². The van der Waals surface area contributed by atoms with Crippen LogP contribution in [0.2, 0.25) is 0 Å². The number of sulfonamides is 1. The zero-order valence-electron chi connectivity index (χ0n) is 15.1. The molecule has 0 bridgehead atoms. The first-order valence-electron chi connectivity index (χ1n) is 8.97. The number of rotatable bonds is 2. The van der Waals surface area contributed by atoms with Crippen LogP contribution in [-0.2, 0) is 21.2 Å². The number of fused-ring (bicyclic) bond motifs is 2. The molecular formula is C18H26ClN3O3S. The summed E-state index contributed by atoms with van der Waals surface area (Å²) in [7, 11) is -3.51. The zero-order chi connectivity index (χ0) is 17.9. The van der Waals surface area contributed by atoms with Crippen LogP contribution in [0.5, 0.6) is 0 Å². The number of hydrogen-bond donors (Lipinski definition) is 1. The first-order chi connectivity index (χ1) is 11.8. The number of carbonyl (C=O) groups is 1. The Morgan fingerprint density at radius 2 is 1.96 bits per heavy atom. The van der Waals surface area contributed by atoms with Crippen molar-refractivity contribution in [1.82, 2.24) is 4.31 Å². The van der Waals surface area contributed by atoms with Gasteiger partial charge in [-0.05, 0) is 61.8 Å². The number of amides is 1. The van der Waals surface area contributed by atoms with E-state index in [9.17, 15) is 13.2 Å². The predicted octanol–water partition coefficient (Wildman–Crippen LogP) is 1.76. The number of halogens is 1. The van der Waals surface area contributed by atoms with Gasteiger partial charge in [0, 0.05) is 37.8 Å². The van der Waals surface area contributed by atoms with Gasteiger partial charge in [-0.3, -0.25) is 4.79 Å². The molecule has 4 atom stereocenters. The Morgan fingerprint density at radius 3 is 2.62 bits per heavy atom. The number of nitrogens with zero attached hydrogens (tertiary/aromatic N) is 2. The minimum atomic E-state index is -3.51. The van der Waals surface area contributed by atoms with E-state index in [1.807, 2.05) is 6.92 Å². The van der Waals surface area contributed by atoms with Crippen molar-refractivity contribution in [1.29, 1.82) is 0 Å². The second kappa shape index (κ2) is 6.78. The van der Waals surface area contributed by atoms with E-state index in [1.54, 1.807) is 34.3 Å². The first-order valence-corrected chi connectivity index (χ1v) is 10.4. The van der Waals surface area contributed by atoms with Gasteiger partial charge in [-0.25, -0.2) is 8.42 Å². The molecule has 1 aromatic rings. The average molecular weight is 400 g/mol. The van der Waals surface area contributed by atoms with Gasteiger partial charge in [0.2, 0.25) is 15.9 Å². The van der Waals surface area contributed by atoms with Gasteiger partial charge in [0.15, 0.2) is 0 Å². The number of benzene rings is 1. The number of hydrogen-bond acceptors (Lipinski definition) is 4. The van der Waals surface area contributed by atoms with E-state index in [4.69, 9.17) is 5.73 Å². The molecule has 8 heteroatoms. The molecule has 1 amide bonds.